The minimum absolute atomic E-state index is 0.309. The number of rotatable bonds is 2. The maximum Gasteiger partial charge on any atom is 0.0886 e. The van der Waals surface area contributed by atoms with Crippen molar-refractivity contribution < 1.29 is 5.11 Å². The highest BCUT2D eigenvalue weighted by atomic mass is 32.2. The predicted molar refractivity (Wildman–Crippen MR) is 56.3 cm³/mol. The molecule has 2 aliphatic rings. The van der Waals surface area contributed by atoms with Gasteiger partial charge in [-0.1, -0.05) is 24.3 Å². The maximum absolute atomic E-state index is 9.66. The molecule has 0 bridgehead atoms. The van der Waals surface area contributed by atoms with Crippen LogP contribution in [0.1, 0.15) is 0 Å². The predicted octanol–water partition coefficient (Wildman–Crippen LogP) is 1.05. The van der Waals surface area contributed by atoms with Gasteiger partial charge < -0.3 is 10.8 Å². The average molecular weight is 195 g/mol. The first kappa shape index (κ1) is 9.06. The molecule has 3 atom stereocenters. The number of allylic oxidation sites excluding steroid dienone is 4. The molecule has 0 aromatic carbocycles. The highest BCUT2D eigenvalue weighted by Crippen LogP contribution is 2.38. The minimum atomic E-state index is -0.482. The Morgan fingerprint density at radius 3 is 3.15 bits per heavy atom. The monoisotopic (exact) mass is 195 g/mol. The fraction of sp³-hybridized carbons (Fsp3) is 0.400. The quantitative estimate of drug-likeness (QED) is 0.692. The zero-order chi connectivity index (χ0) is 9.26. The Balaban J connectivity index is 2.19. The normalized spacial score (nSPS) is 32.9. The van der Waals surface area contributed by atoms with Gasteiger partial charge >= 0.3 is 0 Å². The van der Waals surface area contributed by atoms with Crippen LogP contribution in [0.5, 0.6) is 0 Å². The van der Waals surface area contributed by atoms with Crippen LogP contribution in [-0.2, 0) is 0 Å². The van der Waals surface area contributed by atoms with Crippen molar-refractivity contribution in [2.24, 2.45) is 11.7 Å². The highest BCUT2D eigenvalue weighted by Gasteiger charge is 2.29. The molecule has 3 unspecified atom stereocenters. The lowest BCUT2D eigenvalue weighted by atomic mass is 9.91. The summed E-state index contributed by atoms with van der Waals surface area (Å²) < 4.78 is 0. The van der Waals surface area contributed by atoms with E-state index in [1.165, 1.54) is 0 Å². The Morgan fingerprint density at radius 1 is 1.54 bits per heavy atom. The summed E-state index contributed by atoms with van der Waals surface area (Å²) >= 11 is 1.76. The van der Waals surface area contributed by atoms with Crippen LogP contribution < -0.4 is 5.73 Å². The van der Waals surface area contributed by atoms with Crippen molar-refractivity contribution in [1.29, 1.82) is 0 Å². The SMILES string of the molecule is NCC(O)C1=CC=CC2C=CSC12. The van der Waals surface area contributed by atoms with Gasteiger partial charge in [0.1, 0.15) is 0 Å². The van der Waals surface area contributed by atoms with Gasteiger partial charge in [-0.3, -0.25) is 0 Å². The lowest BCUT2D eigenvalue weighted by molar-refractivity contribution is 0.214. The third-order valence-corrected chi connectivity index (χ3v) is 3.63. The summed E-state index contributed by atoms with van der Waals surface area (Å²) in [5, 5.41) is 12.1. The first-order valence-electron chi connectivity index (χ1n) is 4.41. The molecule has 0 aromatic heterocycles. The molecule has 2 rings (SSSR count). The van der Waals surface area contributed by atoms with E-state index in [0.717, 1.165) is 5.57 Å². The van der Waals surface area contributed by atoms with Crippen molar-refractivity contribution in [3.8, 4) is 0 Å². The molecule has 0 saturated heterocycles. The van der Waals surface area contributed by atoms with E-state index >= 15 is 0 Å². The van der Waals surface area contributed by atoms with E-state index in [1.807, 2.05) is 12.2 Å². The smallest absolute Gasteiger partial charge is 0.0886 e. The van der Waals surface area contributed by atoms with Gasteiger partial charge in [0, 0.05) is 17.7 Å². The molecule has 0 amide bonds. The largest absolute Gasteiger partial charge is 0.387 e. The van der Waals surface area contributed by atoms with Crippen LogP contribution in [0.2, 0.25) is 0 Å². The van der Waals surface area contributed by atoms with Gasteiger partial charge in [-0.25, -0.2) is 0 Å². The molecule has 1 aliphatic heterocycles. The van der Waals surface area contributed by atoms with E-state index in [0.29, 0.717) is 17.7 Å². The Bertz CT molecular complexity index is 283. The number of fused-ring (bicyclic) bond motifs is 1. The van der Waals surface area contributed by atoms with Crippen molar-refractivity contribution in [3.05, 3.63) is 35.3 Å². The Kier molecular flexibility index (Phi) is 2.58. The first-order chi connectivity index (χ1) is 6.33. The molecule has 0 aromatic rings. The fourth-order valence-corrected chi connectivity index (χ4v) is 2.90. The number of aliphatic hydroxyl groups is 1. The zero-order valence-corrected chi connectivity index (χ0v) is 8.08. The van der Waals surface area contributed by atoms with Crippen molar-refractivity contribution in [2.75, 3.05) is 6.54 Å². The van der Waals surface area contributed by atoms with Gasteiger partial charge in [-0.2, -0.15) is 0 Å². The van der Waals surface area contributed by atoms with Gasteiger partial charge in [0.15, 0.2) is 0 Å². The van der Waals surface area contributed by atoms with Gasteiger partial charge in [0.05, 0.1) is 6.10 Å². The summed E-state index contributed by atoms with van der Waals surface area (Å²) in [5.74, 6) is 0.450. The molecule has 1 heterocycles. The molecule has 0 spiro atoms. The molecule has 3 N–H and O–H groups in total. The molecule has 1 aliphatic carbocycles. The second-order valence-electron chi connectivity index (χ2n) is 3.27. The summed E-state index contributed by atoms with van der Waals surface area (Å²) in [6.07, 6.45) is 7.84. The summed E-state index contributed by atoms with van der Waals surface area (Å²) in [7, 11) is 0. The second-order valence-corrected chi connectivity index (χ2v) is 4.32. The topological polar surface area (TPSA) is 46.2 Å². The van der Waals surface area contributed by atoms with E-state index in [4.69, 9.17) is 5.73 Å². The number of nitrogens with two attached hydrogens (primary N) is 1. The third-order valence-electron chi connectivity index (χ3n) is 2.43. The van der Waals surface area contributed by atoms with E-state index < -0.39 is 6.10 Å². The van der Waals surface area contributed by atoms with Crippen LogP contribution in [-0.4, -0.2) is 23.0 Å². The fourth-order valence-electron chi connectivity index (χ4n) is 1.70. The maximum atomic E-state index is 9.66. The van der Waals surface area contributed by atoms with Crippen LogP contribution in [0.25, 0.3) is 0 Å². The van der Waals surface area contributed by atoms with E-state index in [-0.39, 0.29) is 0 Å². The molecular weight excluding hydrogens is 182 g/mol. The van der Waals surface area contributed by atoms with Crippen LogP contribution in [0.15, 0.2) is 35.3 Å². The molecule has 2 nitrogen and oxygen atoms in total. The summed E-state index contributed by atoms with van der Waals surface area (Å²) in [5.41, 5.74) is 6.50. The Hall–Kier alpha value is -0.510. The van der Waals surface area contributed by atoms with E-state index in [2.05, 4.69) is 17.6 Å². The van der Waals surface area contributed by atoms with Crippen molar-refractivity contribution in [2.45, 2.75) is 11.4 Å². The first-order valence-corrected chi connectivity index (χ1v) is 5.35. The van der Waals surface area contributed by atoms with Gasteiger partial charge in [-0.15, -0.1) is 11.8 Å². The van der Waals surface area contributed by atoms with E-state index in [1.54, 1.807) is 11.8 Å². The lowest BCUT2D eigenvalue weighted by Crippen LogP contribution is -2.30. The number of hydrogen-bond donors (Lipinski definition) is 2. The zero-order valence-electron chi connectivity index (χ0n) is 7.26. The average Bonchev–Trinajstić information content (AvgIpc) is 2.63. The number of aliphatic hydroxyl groups excluding tert-OH is 1. The second kappa shape index (κ2) is 3.70. The highest BCUT2D eigenvalue weighted by molar-refractivity contribution is 8.03. The molecule has 13 heavy (non-hydrogen) atoms. The van der Waals surface area contributed by atoms with Crippen LogP contribution in [0.4, 0.5) is 0 Å². The Morgan fingerprint density at radius 2 is 2.38 bits per heavy atom. The number of hydrogen-bond acceptors (Lipinski definition) is 3. The molecule has 3 heteroatoms. The molecular formula is C10H13NOS. The molecule has 0 radical (unpaired) electrons. The summed E-state index contributed by atoms with van der Waals surface area (Å²) in [6, 6.07) is 0. The van der Waals surface area contributed by atoms with Gasteiger partial charge in [0.2, 0.25) is 0 Å². The standard InChI is InChI=1S/C10H13NOS/c11-6-9(12)8-3-1-2-7-4-5-13-10(7)8/h1-5,7,9-10,12H,6,11H2. The van der Waals surface area contributed by atoms with Crippen molar-refractivity contribution in [1.82, 2.24) is 0 Å². The van der Waals surface area contributed by atoms with Gasteiger partial charge in [-0.05, 0) is 11.0 Å². The number of thioether (sulfide) groups is 1. The molecule has 0 saturated carbocycles. The van der Waals surface area contributed by atoms with Crippen molar-refractivity contribution >= 4 is 11.8 Å². The van der Waals surface area contributed by atoms with Crippen molar-refractivity contribution in [3.63, 3.8) is 0 Å². The van der Waals surface area contributed by atoms with Gasteiger partial charge in [0.25, 0.3) is 0 Å². The van der Waals surface area contributed by atoms with E-state index in [9.17, 15) is 5.11 Å². The van der Waals surface area contributed by atoms with Crippen LogP contribution in [0, 0.1) is 5.92 Å². The third kappa shape index (κ3) is 1.59. The molecule has 0 fully saturated rings. The summed E-state index contributed by atoms with van der Waals surface area (Å²) in [4.78, 5) is 0. The summed E-state index contributed by atoms with van der Waals surface area (Å²) in [6.45, 7) is 0.309. The lowest BCUT2D eigenvalue weighted by Gasteiger charge is -2.25. The Labute approximate surface area is 82.2 Å². The van der Waals surface area contributed by atoms with Crippen LogP contribution in [0.3, 0.4) is 0 Å². The minimum Gasteiger partial charge on any atom is -0.387 e. The molecule has 70 valence electrons. The van der Waals surface area contributed by atoms with Crippen LogP contribution >= 0.6 is 11.8 Å².